The summed E-state index contributed by atoms with van der Waals surface area (Å²) >= 11 is 3.38. The van der Waals surface area contributed by atoms with Crippen molar-refractivity contribution in [1.29, 1.82) is 0 Å². The van der Waals surface area contributed by atoms with Crippen LogP contribution in [0.4, 0.5) is 16.2 Å². The van der Waals surface area contributed by atoms with Crippen LogP contribution in [0.15, 0.2) is 22.7 Å². The number of nitrogens with two attached hydrogens (primary N) is 1. The van der Waals surface area contributed by atoms with Crippen LogP contribution in [0.2, 0.25) is 0 Å². The fourth-order valence-corrected chi connectivity index (χ4v) is 2.06. The Morgan fingerprint density at radius 1 is 1.43 bits per heavy atom. The zero-order valence-corrected chi connectivity index (χ0v) is 14.0. The Bertz CT molecular complexity index is 469. The molecule has 1 unspecified atom stereocenters. The standard InChI is InChI=1S/C14H22BrN3O3/c1-14(2,3)21-13(20)18-8-9(19)7-17-12-10(15)5-4-6-11(12)16/h4-6,9,17,19H,7-8,16H2,1-3H3,(H,18,20). The van der Waals surface area contributed by atoms with Crippen molar-refractivity contribution in [1.82, 2.24) is 5.32 Å². The second-order valence-electron chi connectivity index (χ2n) is 5.62. The highest BCUT2D eigenvalue weighted by atomic mass is 79.9. The van der Waals surface area contributed by atoms with Crippen LogP contribution in [0, 0.1) is 0 Å². The number of nitrogens with one attached hydrogen (secondary N) is 2. The largest absolute Gasteiger partial charge is 0.444 e. The molecule has 0 aliphatic rings. The van der Waals surface area contributed by atoms with E-state index >= 15 is 0 Å². The Morgan fingerprint density at radius 2 is 2.10 bits per heavy atom. The summed E-state index contributed by atoms with van der Waals surface area (Å²) in [5, 5.41) is 15.4. The van der Waals surface area contributed by atoms with E-state index in [1.165, 1.54) is 0 Å². The van der Waals surface area contributed by atoms with Gasteiger partial charge >= 0.3 is 6.09 Å². The number of alkyl carbamates (subject to hydrolysis) is 1. The summed E-state index contributed by atoms with van der Waals surface area (Å²) in [5.41, 5.74) is 6.57. The summed E-state index contributed by atoms with van der Waals surface area (Å²) in [5.74, 6) is 0. The van der Waals surface area contributed by atoms with Gasteiger partial charge in [0.2, 0.25) is 0 Å². The van der Waals surface area contributed by atoms with Crippen molar-refractivity contribution >= 4 is 33.4 Å². The minimum Gasteiger partial charge on any atom is -0.444 e. The Morgan fingerprint density at radius 3 is 2.67 bits per heavy atom. The van der Waals surface area contributed by atoms with E-state index in [1.54, 1.807) is 26.8 Å². The first-order valence-corrected chi connectivity index (χ1v) is 7.41. The molecule has 0 saturated heterocycles. The Labute approximate surface area is 133 Å². The van der Waals surface area contributed by atoms with E-state index in [1.807, 2.05) is 12.1 Å². The average Bonchev–Trinajstić information content (AvgIpc) is 2.33. The Kier molecular flexibility index (Phi) is 6.29. The molecule has 0 bridgehead atoms. The minimum atomic E-state index is -0.760. The van der Waals surface area contributed by atoms with Crippen LogP contribution in [-0.2, 0) is 4.74 Å². The van der Waals surface area contributed by atoms with Crippen LogP contribution in [0.5, 0.6) is 0 Å². The first-order valence-electron chi connectivity index (χ1n) is 6.62. The van der Waals surface area contributed by atoms with Gasteiger partial charge in [-0.3, -0.25) is 0 Å². The molecular formula is C14H22BrN3O3. The summed E-state index contributed by atoms with van der Waals surface area (Å²) in [7, 11) is 0. The molecule has 7 heteroatoms. The molecule has 0 aromatic heterocycles. The minimum absolute atomic E-state index is 0.0896. The van der Waals surface area contributed by atoms with Crippen molar-refractivity contribution in [3.63, 3.8) is 0 Å². The highest BCUT2D eigenvalue weighted by Gasteiger charge is 2.17. The van der Waals surface area contributed by atoms with Crippen molar-refractivity contribution in [2.45, 2.75) is 32.5 Å². The zero-order chi connectivity index (χ0) is 16.0. The van der Waals surface area contributed by atoms with Gasteiger partial charge in [0.1, 0.15) is 5.60 Å². The third-order valence-electron chi connectivity index (χ3n) is 2.44. The molecule has 0 spiro atoms. The number of nitrogen functional groups attached to an aromatic ring is 1. The number of hydrogen-bond donors (Lipinski definition) is 4. The monoisotopic (exact) mass is 359 g/mol. The van der Waals surface area contributed by atoms with Gasteiger partial charge in [0.25, 0.3) is 0 Å². The molecular weight excluding hydrogens is 338 g/mol. The highest BCUT2D eigenvalue weighted by Crippen LogP contribution is 2.27. The topological polar surface area (TPSA) is 96.6 Å². The van der Waals surface area contributed by atoms with Crippen LogP contribution < -0.4 is 16.4 Å². The van der Waals surface area contributed by atoms with Crippen molar-refractivity contribution in [3.05, 3.63) is 22.7 Å². The molecule has 1 atom stereocenters. The SMILES string of the molecule is CC(C)(C)OC(=O)NCC(O)CNc1c(N)cccc1Br. The van der Waals surface area contributed by atoms with E-state index in [4.69, 9.17) is 10.5 Å². The van der Waals surface area contributed by atoms with Gasteiger partial charge in [-0.05, 0) is 48.8 Å². The number of rotatable bonds is 5. The summed E-state index contributed by atoms with van der Waals surface area (Å²) < 4.78 is 5.89. The maximum atomic E-state index is 11.5. The van der Waals surface area contributed by atoms with Crippen LogP contribution in [0.25, 0.3) is 0 Å². The lowest BCUT2D eigenvalue weighted by Crippen LogP contribution is -2.39. The maximum Gasteiger partial charge on any atom is 0.407 e. The normalized spacial score (nSPS) is 12.6. The van der Waals surface area contributed by atoms with Gasteiger partial charge < -0.3 is 26.2 Å². The number of para-hydroxylation sites is 1. The maximum absolute atomic E-state index is 11.5. The summed E-state index contributed by atoms with van der Waals surface area (Å²) in [6, 6.07) is 5.44. The lowest BCUT2D eigenvalue weighted by molar-refractivity contribution is 0.0496. The molecule has 0 saturated carbocycles. The van der Waals surface area contributed by atoms with E-state index in [0.717, 1.165) is 4.47 Å². The first-order chi connectivity index (χ1) is 9.69. The molecule has 0 radical (unpaired) electrons. The van der Waals surface area contributed by atoms with Crippen molar-refractivity contribution in [2.24, 2.45) is 0 Å². The molecule has 5 N–H and O–H groups in total. The number of anilines is 2. The van der Waals surface area contributed by atoms with Crippen molar-refractivity contribution < 1.29 is 14.6 Å². The fraction of sp³-hybridized carbons (Fsp3) is 0.500. The van der Waals surface area contributed by atoms with E-state index in [-0.39, 0.29) is 13.1 Å². The molecule has 1 aromatic rings. The predicted octanol–water partition coefficient (Wildman–Crippen LogP) is 2.33. The van der Waals surface area contributed by atoms with E-state index < -0.39 is 17.8 Å². The third-order valence-corrected chi connectivity index (χ3v) is 3.10. The Balaban J connectivity index is 2.38. The number of aliphatic hydroxyl groups is 1. The number of ether oxygens (including phenoxy) is 1. The molecule has 0 aliphatic carbocycles. The zero-order valence-electron chi connectivity index (χ0n) is 12.4. The van der Waals surface area contributed by atoms with E-state index in [0.29, 0.717) is 11.4 Å². The molecule has 118 valence electrons. The van der Waals surface area contributed by atoms with Gasteiger partial charge in [0.05, 0.1) is 17.5 Å². The number of halogens is 1. The number of carbonyl (C=O) groups excluding carboxylic acids is 1. The van der Waals surface area contributed by atoms with Gasteiger partial charge in [-0.25, -0.2) is 4.79 Å². The molecule has 21 heavy (non-hydrogen) atoms. The highest BCUT2D eigenvalue weighted by molar-refractivity contribution is 9.10. The van der Waals surface area contributed by atoms with Crippen LogP contribution >= 0.6 is 15.9 Å². The summed E-state index contributed by atoms with van der Waals surface area (Å²) in [4.78, 5) is 11.5. The van der Waals surface area contributed by atoms with Crippen molar-refractivity contribution in [3.8, 4) is 0 Å². The molecule has 1 rings (SSSR count). The smallest absolute Gasteiger partial charge is 0.407 e. The number of carbonyl (C=O) groups is 1. The third kappa shape index (κ3) is 6.68. The van der Waals surface area contributed by atoms with Crippen LogP contribution in [-0.4, -0.2) is 36.0 Å². The molecule has 0 fully saturated rings. The van der Waals surface area contributed by atoms with Gasteiger partial charge in [-0.1, -0.05) is 6.07 Å². The predicted molar refractivity (Wildman–Crippen MR) is 87.3 cm³/mol. The molecule has 0 heterocycles. The number of aliphatic hydroxyl groups excluding tert-OH is 1. The second kappa shape index (κ2) is 7.51. The Hall–Kier alpha value is -1.47. The quantitative estimate of drug-likeness (QED) is 0.605. The molecule has 1 amide bonds. The van der Waals surface area contributed by atoms with Crippen LogP contribution in [0.1, 0.15) is 20.8 Å². The average molecular weight is 360 g/mol. The molecule has 0 aliphatic heterocycles. The van der Waals surface area contributed by atoms with Gasteiger partial charge in [-0.2, -0.15) is 0 Å². The van der Waals surface area contributed by atoms with Gasteiger partial charge in [0.15, 0.2) is 0 Å². The lowest BCUT2D eigenvalue weighted by atomic mass is 10.2. The fourth-order valence-electron chi connectivity index (χ4n) is 1.53. The van der Waals surface area contributed by atoms with Gasteiger partial charge in [0, 0.05) is 17.6 Å². The first kappa shape index (κ1) is 17.6. The lowest BCUT2D eigenvalue weighted by Gasteiger charge is -2.21. The molecule has 6 nitrogen and oxygen atoms in total. The van der Waals surface area contributed by atoms with Crippen LogP contribution in [0.3, 0.4) is 0 Å². The van der Waals surface area contributed by atoms with E-state index in [2.05, 4.69) is 26.6 Å². The number of benzene rings is 1. The molecule has 1 aromatic carbocycles. The summed E-state index contributed by atoms with van der Waals surface area (Å²) in [6.45, 7) is 5.68. The van der Waals surface area contributed by atoms with E-state index in [9.17, 15) is 9.90 Å². The second-order valence-corrected chi connectivity index (χ2v) is 6.48. The number of hydrogen-bond acceptors (Lipinski definition) is 5. The van der Waals surface area contributed by atoms with Gasteiger partial charge in [-0.15, -0.1) is 0 Å². The van der Waals surface area contributed by atoms with Crippen molar-refractivity contribution in [2.75, 3.05) is 24.1 Å². The summed E-state index contributed by atoms with van der Waals surface area (Å²) in [6.07, 6.45) is -1.31. The number of amides is 1.